The SMILES string of the molecule is CC(=O)NC(C(=O)NCCCC(C)C(=O)O)C(C)C. The van der Waals surface area contributed by atoms with Crippen molar-refractivity contribution in [3.63, 3.8) is 0 Å². The van der Waals surface area contributed by atoms with Crippen molar-refractivity contribution in [1.82, 2.24) is 10.6 Å². The molecule has 0 saturated heterocycles. The van der Waals surface area contributed by atoms with Gasteiger partial charge in [0.25, 0.3) is 0 Å². The molecule has 3 N–H and O–H groups in total. The molecule has 0 aromatic heterocycles. The van der Waals surface area contributed by atoms with Gasteiger partial charge in [0.2, 0.25) is 11.8 Å². The molecule has 2 amide bonds. The molecule has 0 spiro atoms. The second-order valence-electron chi connectivity index (χ2n) is 5.09. The van der Waals surface area contributed by atoms with Crippen LogP contribution in [0, 0.1) is 11.8 Å². The van der Waals surface area contributed by atoms with E-state index in [9.17, 15) is 14.4 Å². The molecule has 0 rings (SSSR count). The van der Waals surface area contributed by atoms with Crippen LogP contribution < -0.4 is 10.6 Å². The molecule has 0 aromatic rings. The molecule has 0 saturated carbocycles. The minimum absolute atomic E-state index is 0.00171. The molecule has 110 valence electrons. The summed E-state index contributed by atoms with van der Waals surface area (Å²) >= 11 is 0. The van der Waals surface area contributed by atoms with Crippen molar-refractivity contribution in [3.05, 3.63) is 0 Å². The fourth-order valence-electron chi connectivity index (χ4n) is 1.61. The Morgan fingerprint density at radius 3 is 2.16 bits per heavy atom. The van der Waals surface area contributed by atoms with Crippen molar-refractivity contribution in [1.29, 1.82) is 0 Å². The first-order valence-corrected chi connectivity index (χ1v) is 6.53. The number of carbonyl (C=O) groups excluding carboxylic acids is 2. The van der Waals surface area contributed by atoms with E-state index in [1.165, 1.54) is 6.92 Å². The number of carbonyl (C=O) groups is 3. The topological polar surface area (TPSA) is 95.5 Å². The lowest BCUT2D eigenvalue weighted by atomic mass is 10.0. The van der Waals surface area contributed by atoms with E-state index in [1.54, 1.807) is 6.92 Å². The van der Waals surface area contributed by atoms with Gasteiger partial charge in [0.15, 0.2) is 0 Å². The number of rotatable bonds is 8. The van der Waals surface area contributed by atoms with E-state index < -0.39 is 17.9 Å². The van der Waals surface area contributed by atoms with Gasteiger partial charge in [-0.05, 0) is 18.8 Å². The van der Waals surface area contributed by atoms with Crippen LogP contribution in [0.1, 0.15) is 40.5 Å². The number of amides is 2. The van der Waals surface area contributed by atoms with Gasteiger partial charge in [-0.2, -0.15) is 0 Å². The lowest BCUT2D eigenvalue weighted by molar-refractivity contribution is -0.141. The first-order chi connectivity index (χ1) is 8.75. The van der Waals surface area contributed by atoms with Crippen LogP contribution in [0.25, 0.3) is 0 Å². The molecule has 0 fully saturated rings. The Morgan fingerprint density at radius 2 is 1.74 bits per heavy atom. The van der Waals surface area contributed by atoms with Gasteiger partial charge in [-0.3, -0.25) is 14.4 Å². The van der Waals surface area contributed by atoms with E-state index in [4.69, 9.17) is 5.11 Å². The number of hydrogen-bond acceptors (Lipinski definition) is 3. The maximum atomic E-state index is 11.9. The average molecular weight is 272 g/mol. The largest absolute Gasteiger partial charge is 0.481 e. The van der Waals surface area contributed by atoms with Crippen molar-refractivity contribution in [3.8, 4) is 0 Å². The van der Waals surface area contributed by atoms with Gasteiger partial charge < -0.3 is 15.7 Å². The molecule has 6 nitrogen and oxygen atoms in total. The Hall–Kier alpha value is -1.59. The summed E-state index contributed by atoms with van der Waals surface area (Å²) in [6, 6.07) is -0.547. The van der Waals surface area contributed by atoms with E-state index in [0.717, 1.165) is 0 Å². The highest BCUT2D eigenvalue weighted by Gasteiger charge is 2.22. The molecular formula is C13H24N2O4. The molecule has 6 heteroatoms. The third-order valence-electron chi connectivity index (χ3n) is 2.84. The van der Waals surface area contributed by atoms with Gasteiger partial charge in [-0.25, -0.2) is 0 Å². The summed E-state index contributed by atoms with van der Waals surface area (Å²) < 4.78 is 0. The lowest BCUT2D eigenvalue weighted by Crippen LogP contribution is -2.49. The van der Waals surface area contributed by atoms with Crippen LogP contribution in [0.15, 0.2) is 0 Å². The molecule has 0 radical (unpaired) electrons. The van der Waals surface area contributed by atoms with Gasteiger partial charge in [-0.1, -0.05) is 20.8 Å². The maximum absolute atomic E-state index is 11.9. The van der Waals surface area contributed by atoms with Gasteiger partial charge in [0, 0.05) is 13.5 Å². The van der Waals surface area contributed by atoms with Crippen LogP contribution in [0.4, 0.5) is 0 Å². The summed E-state index contributed by atoms with van der Waals surface area (Å²) in [6.07, 6.45) is 1.12. The van der Waals surface area contributed by atoms with Crippen LogP contribution in [0.2, 0.25) is 0 Å². The van der Waals surface area contributed by atoms with Gasteiger partial charge >= 0.3 is 5.97 Å². The molecule has 0 heterocycles. The summed E-state index contributed by atoms with van der Waals surface area (Å²) in [5.41, 5.74) is 0. The molecular weight excluding hydrogens is 248 g/mol. The van der Waals surface area contributed by atoms with E-state index in [2.05, 4.69) is 10.6 Å². The Kier molecular flexibility index (Phi) is 7.79. The minimum Gasteiger partial charge on any atom is -0.481 e. The smallest absolute Gasteiger partial charge is 0.306 e. The van der Waals surface area contributed by atoms with Crippen molar-refractivity contribution in [2.24, 2.45) is 11.8 Å². The fourth-order valence-corrected chi connectivity index (χ4v) is 1.61. The zero-order valence-corrected chi connectivity index (χ0v) is 12.0. The monoisotopic (exact) mass is 272 g/mol. The van der Waals surface area contributed by atoms with Crippen LogP contribution >= 0.6 is 0 Å². The molecule has 19 heavy (non-hydrogen) atoms. The first kappa shape index (κ1) is 17.4. The summed E-state index contributed by atoms with van der Waals surface area (Å²) in [5.74, 6) is -1.71. The van der Waals surface area contributed by atoms with Crippen LogP contribution in [-0.2, 0) is 14.4 Å². The molecule has 0 aliphatic heterocycles. The van der Waals surface area contributed by atoms with E-state index in [1.807, 2.05) is 13.8 Å². The lowest BCUT2D eigenvalue weighted by Gasteiger charge is -2.21. The van der Waals surface area contributed by atoms with E-state index >= 15 is 0 Å². The van der Waals surface area contributed by atoms with Gasteiger partial charge in [0.1, 0.15) is 6.04 Å². The molecule has 0 aliphatic rings. The number of carboxylic acid groups (broad SMARTS) is 1. The molecule has 0 aromatic carbocycles. The Labute approximate surface area is 113 Å². The second-order valence-corrected chi connectivity index (χ2v) is 5.09. The maximum Gasteiger partial charge on any atom is 0.306 e. The molecule has 0 aliphatic carbocycles. The predicted octanol–water partition coefficient (Wildman–Crippen LogP) is 0.764. The van der Waals surface area contributed by atoms with Crippen LogP contribution in [0.5, 0.6) is 0 Å². The summed E-state index contributed by atoms with van der Waals surface area (Å²) in [7, 11) is 0. The molecule has 0 bridgehead atoms. The summed E-state index contributed by atoms with van der Waals surface area (Å²) in [5, 5.41) is 14.0. The van der Waals surface area contributed by atoms with E-state index in [0.29, 0.717) is 19.4 Å². The number of nitrogens with one attached hydrogen (secondary N) is 2. The first-order valence-electron chi connectivity index (χ1n) is 6.53. The zero-order chi connectivity index (χ0) is 15.0. The normalized spacial score (nSPS) is 13.7. The second kappa shape index (κ2) is 8.50. The minimum atomic E-state index is -0.829. The number of aliphatic carboxylic acids is 1. The van der Waals surface area contributed by atoms with Crippen molar-refractivity contribution in [2.75, 3.05) is 6.54 Å². The third kappa shape index (κ3) is 7.43. The average Bonchev–Trinajstić information content (AvgIpc) is 2.30. The summed E-state index contributed by atoms with van der Waals surface area (Å²) in [4.78, 5) is 33.5. The Bertz CT molecular complexity index is 329. The molecule has 2 unspecified atom stereocenters. The Morgan fingerprint density at radius 1 is 1.16 bits per heavy atom. The predicted molar refractivity (Wildman–Crippen MR) is 71.5 cm³/mol. The number of hydrogen-bond donors (Lipinski definition) is 3. The van der Waals surface area contributed by atoms with Crippen molar-refractivity contribution in [2.45, 2.75) is 46.6 Å². The number of carboxylic acids is 1. The van der Waals surface area contributed by atoms with Gasteiger partial charge in [-0.15, -0.1) is 0 Å². The molecule has 2 atom stereocenters. The highest BCUT2D eigenvalue weighted by Crippen LogP contribution is 2.05. The third-order valence-corrected chi connectivity index (χ3v) is 2.84. The highest BCUT2D eigenvalue weighted by atomic mass is 16.4. The summed E-state index contributed by atoms with van der Waals surface area (Å²) in [6.45, 7) is 7.13. The van der Waals surface area contributed by atoms with Crippen molar-refractivity contribution >= 4 is 17.8 Å². The standard InChI is InChI=1S/C13H24N2O4/c1-8(2)11(15-10(4)16)12(17)14-7-5-6-9(3)13(18)19/h8-9,11H,5-7H2,1-4H3,(H,14,17)(H,15,16)(H,18,19). The Balaban J connectivity index is 4.07. The van der Waals surface area contributed by atoms with Crippen LogP contribution in [-0.4, -0.2) is 35.5 Å². The fraction of sp³-hybridized carbons (Fsp3) is 0.769. The van der Waals surface area contributed by atoms with Gasteiger partial charge in [0.05, 0.1) is 5.92 Å². The highest BCUT2D eigenvalue weighted by molar-refractivity contribution is 5.86. The van der Waals surface area contributed by atoms with E-state index in [-0.39, 0.29) is 17.7 Å². The quantitative estimate of drug-likeness (QED) is 0.569. The van der Waals surface area contributed by atoms with Crippen molar-refractivity contribution < 1.29 is 19.5 Å². The zero-order valence-electron chi connectivity index (χ0n) is 12.0. The van der Waals surface area contributed by atoms with Crippen LogP contribution in [0.3, 0.4) is 0 Å².